The van der Waals surface area contributed by atoms with E-state index >= 15 is 0 Å². The van der Waals surface area contributed by atoms with Crippen LogP contribution < -0.4 is 5.32 Å². The molecule has 0 radical (unpaired) electrons. The summed E-state index contributed by atoms with van der Waals surface area (Å²) in [5.74, 6) is 0.399. The van der Waals surface area contributed by atoms with Crippen LogP contribution in [0.15, 0.2) is 36.8 Å². The van der Waals surface area contributed by atoms with Gasteiger partial charge in [0.25, 0.3) is 0 Å². The summed E-state index contributed by atoms with van der Waals surface area (Å²) in [6, 6.07) is 6.01. The van der Waals surface area contributed by atoms with Crippen LogP contribution in [0.2, 0.25) is 0 Å². The van der Waals surface area contributed by atoms with Gasteiger partial charge in [-0.15, -0.1) is 0 Å². The highest BCUT2D eigenvalue weighted by molar-refractivity contribution is 5.21. The Labute approximate surface area is 126 Å². The van der Waals surface area contributed by atoms with E-state index in [0.717, 1.165) is 5.69 Å². The lowest BCUT2D eigenvalue weighted by atomic mass is 9.97. The van der Waals surface area contributed by atoms with Crippen LogP contribution >= 0.6 is 0 Å². The maximum Gasteiger partial charge on any atom is 0.0860 e. The molecule has 2 aromatic rings. The van der Waals surface area contributed by atoms with Gasteiger partial charge >= 0.3 is 0 Å². The van der Waals surface area contributed by atoms with Gasteiger partial charge in [-0.3, -0.25) is 9.67 Å². The van der Waals surface area contributed by atoms with E-state index in [1.807, 2.05) is 24.5 Å². The fourth-order valence-electron chi connectivity index (χ4n) is 2.42. The lowest BCUT2D eigenvalue weighted by molar-refractivity contribution is 0.139. The molecule has 0 aliphatic heterocycles. The number of aliphatic hydroxyl groups excluding tert-OH is 1. The summed E-state index contributed by atoms with van der Waals surface area (Å²) >= 11 is 0. The summed E-state index contributed by atoms with van der Waals surface area (Å²) in [6.07, 6.45) is 4.91. The summed E-state index contributed by atoms with van der Waals surface area (Å²) in [5, 5.41) is 17.7. The first-order chi connectivity index (χ1) is 10.1. The molecular formula is C16H24N4O. The van der Waals surface area contributed by atoms with Crippen LogP contribution in [0.1, 0.15) is 31.1 Å². The molecule has 5 heteroatoms. The number of aromatic nitrogens is 3. The fourth-order valence-corrected chi connectivity index (χ4v) is 2.42. The van der Waals surface area contributed by atoms with Crippen molar-refractivity contribution in [1.82, 2.24) is 20.1 Å². The Hall–Kier alpha value is -1.72. The Morgan fingerprint density at radius 1 is 1.29 bits per heavy atom. The molecule has 0 aliphatic carbocycles. The van der Waals surface area contributed by atoms with Crippen molar-refractivity contribution in [3.05, 3.63) is 48.0 Å². The molecule has 0 bridgehead atoms. The number of aryl methyl sites for hydroxylation is 1. The predicted molar refractivity (Wildman–Crippen MR) is 82.8 cm³/mol. The highest BCUT2D eigenvalue weighted by atomic mass is 16.3. The molecule has 21 heavy (non-hydrogen) atoms. The zero-order valence-electron chi connectivity index (χ0n) is 12.9. The Morgan fingerprint density at radius 3 is 2.71 bits per heavy atom. The average molecular weight is 288 g/mol. The average Bonchev–Trinajstić information content (AvgIpc) is 2.93. The van der Waals surface area contributed by atoms with Crippen molar-refractivity contribution in [2.24, 2.45) is 5.92 Å². The molecule has 5 nitrogen and oxygen atoms in total. The van der Waals surface area contributed by atoms with Crippen LogP contribution in [0.5, 0.6) is 0 Å². The van der Waals surface area contributed by atoms with Gasteiger partial charge in [0.05, 0.1) is 24.4 Å². The van der Waals surface area contributed by atoms with E-state index in [0.29, 0.717) is 19.0 Å². The molecular weight excluding hydrogens is 264 g/mol. The SMILES string of the molecule is Cc1cccnc1[C@@H](NC[C@H](O)Cn1cccn1)C(C)C. The Bertz CT molecular complexity index is 539. The molecule has 2 rings (SSSR count). The predicted octanol–water partition coefficient (Wildman–Crippen LogP) is 1.93. The molecule has 2 aromatic heterocycles. The van der Waals surface area contributed by atoms with Gasteiger partial charge in [-0.25, -0.2) is 0 Å². The Kier molecular flexibility index (Phi) is 5.47. The zero-order valence-corrected chi connectivity index (χ0v) is 12.9. The maximum atomic E-state index is 10.1. The zero-order chi connectivity index (χ0) is 15.2. The maximum absolute atomic E-state index is 10.1. The van der Waals surface area contributed by atoms with Gasteiger partial charge in [0.15, 0.2) is 0 Å². The van der Waals surface area contributed by atoms with Crippen molar-refractivity contribution in [2.45, 2.75) is 39.5 Å². The van der Waals surface area contributed by atoms with Crippen molar-refractivity contribution >= 4 is 0 Å². The summed E-state index contributed by atoms with van der Waals surface area (Å²) in [6.45, 7) is 7.39. The largest absolute Gasteiger partial charge is 0.390 e. The second-order valence-corrected chi connectivity index (χ2v) is 5.72. The molecule has 0 amide bonds. The lowest BCUT2D eigenvalue weighted by Gasteiger charge is -2.25. The standard InChI is InChI=1S/C16H24N4O/c1-12(2)15(16-13(3)6-4-7-17-16)18-10-14(21)11-20-9-5-8-19-20/h4-9,12,14-15,18,21H,10-11H2,1-3H3/t14-,15-/m0/s1. The highest BCUT2D eigenvalue weighted by Crippen LogP contribution is 2.22. The molecule has 0 spiro atoms. The molecule has 2 N–H and O–H groups in total. The number of hydrogen-bond acceptors (Lipinski definition) is 4. The molecule has 0 saturated carbocycles. The molecule has 0 unspecified atom stereocenters. The van der Waals surface area contributed by atoms with Gasteiger partial charge in [-0.1, -0.05) is 19.9 Å². The van der Waals surface area contributed by atoms with Crippen LogP contribution in [0.4, 0.5) is 0 Å². The molecule has 0 fully saturated rings. The first-order valence-electron chi connectivity index (χ1n) is 7.38. The van der Waals surface area contributed by atoms with E-state index < -0.39 is 6.10 Å². The van der Waals surface area contributed by atoms with Crippen molar-refractivity contribution in [1.29, 1.82) is 0 Å². The van der Waals surface area contributed by atoms with Gasteiger partial charge in [0.2, 0.25) is 0 Å². The lowest BCUT2D eigenvalue weighted by Crippen LogP contribution is -2.35. The third-order valence-electron chi connectivity index (χ3n) is 3.54. The Balaban J connectivity index is 1.96. The van der Waals surface area contributed by atoms with E-state index in [4.69, 9.17) is 0 Å². The van der Waals surface area contributed by atoms with E-state index in [-0.39, 0.29) is 6.04 Å². The smallest absolute Gasteiger partial charge is 0.0860 e. The first-order valence-corrected chi connectivity index (χ1v) is 7.38. The highest BCUT2D eigenvalue weighted by Gasteiger charge is 2.19. The van der Waals surface area contributed by atoms with Gasteiger partial charge in [-0.2, -0.15) is 5.10 Å². The minimum absolute atomic E-state index is 0.137. The van der Waals surface area contributed by atoms with Gasteiger partial charge in [0.1, 0.15) is 0 Å². The van der Waals surface area contributed by atoms with Crippen LogP contribution in [-0.2, 0) is 6.54 Å². The van der Waals surface area contributed by atoms with Crippen molar-refractivity contribution in [3.63, 3.8) is 0 Å². The minimum Gasteiger partial charge on any atom is -0.390 e. The summed E-state index contributed by atoms with van der Waals surface area (Å²) in [7, 11) is 0. The van der Waals surface area contributed by atoms with E-state index in [1.54, 1.807) is 10.9 Å². The molecule has 2 atom stereocenters. The fraction of sp³-hybridized carbons (Fsp3) is 0.500. The molecule has 0 saturated heterocycles. The third kappa shape index (κ3) is 4.37. The number of hydrogen-bond donors (Lipinski definition) is 2. The summed E-state index contributed by atoms with van der Waals surface area (Å²) in [4.78, 5) is 4.49. The first kappa shape index (κ1) is 15.7. The minimum atomic E-state index is -0.477. The number of nitrogens with one attached hydrogen (secondary N) is 1. The third-order valence-corrected chi connectivity index (χ3v) is 3.54. The number of aliphatic hydroxyl groups is 1. The monoisotopic (exact) mass is 288 g/mol. The van der Waals surface area contributed by atoms with E-state index in [2.05, 4.69) is 42.2 Å². The Morgan fingerprint density at radius 2 is 2.10 bits per heavy atom. The number of rotatable bonds is 7. The van der Waals surface area contributed by atoms with Crippen LogP contribution in [0.25, 0.3) is 0 Å². The molecule has 2 heterocycles. The van der Waals surface area contributed by atoms with Gasteiger partial charge in [-0.05, 0) is 30.5 Å². The summed E-state index contributed by atoms with van der Waals surface area (Å²) < 4.78 is 1.74. The van der Waals surface area contributed by atoms with E-state index in [1.165, 1.54) is 5.56 Å². The second kappa shape index (κ2) is 7.33. The topological polar surface area (TPSA) is 63.0 Å². The number of pyridine rings is 1. The van der Waals surface area contributed by atoms with Crippen LogP contribution in [-0.4, -0.2) is 32.5 Å². The second-order valence-electron chi connectivity index (χ2n) is 5.72. The quantitative estimate of drug-likeness (QED) is 0.817. The molecule has 0 aromatic carbocycles. The van der Waals surface area contributed by atoms with Crippen LogP contribution in [0, 0.1) is 12.8 Å². The van der Waals surface area contributed by atoms with E-state index in [9.17, 15) is 5.11 Å². The number of nitrogens with zero attached hydrogens (tertiary/aromatic N) is 3. The molecule has 0 aliphatic rings. The van der Waals surface area contributed by atoms with Crippen molar-refractivity contribution < 1.29 is 5.11 Å². The van der Waals surface area contributed by atoms with Crippen LogP contribution in [0.3, 0.4) is 0 Å². The van der Waals surface area contributed by atoms with Crippen molar-refractivity contribution in [3.8, 4) is 0 Å². The van der Waals surface area contributed by atoms with Gasteiger partial charge in [0, 0.05) is 25.1 Å². The normalized spacial score (nSPS) is 14.3. The summed E-state index contributed by atoms with van der Waals surface area (Å²) in [5.41, 5.74) is 2.23. The van der Waals surface area contributed by atoms with Crippen molar-refractivity contribution in [2.75, 3.05) is 6.54 Å². The van der Waals surface area contributed by atoms with Gasteiger partial charge < -0.3 is 10.4 Å². The molecule has 114 valence electrons.